The predicted octanol–water partition coefficient (Wildman–Crippen LogP) is 4.48. The molecule has 164 valence electrons. The number of likely N-dealkylation sites (tertiary alicyclic amines) is 1. The lowest BCUT2D eigenvalue weighted by Crippen LogP contribution is -2.37. The first-order valence-electron chi connectivity index (χ1n) is 11.3. The second-order valence-corrected chi connectivity index (χ2v) is 8.91. The summed E-state index contributed by atoms with van der Waals surface area (Å²) in [6.07, 6.45) is 7.99. The van der Waals surface area contributed by atoms with Gasteiger partial charge in [-0.25, -0.2) is 4.39 Å². The van der Waals surface area contributed by atoms with Gasteiger partial charge in [-0.2, -0.15) is 0 Å². The molecule has 2 aliphatic rings. The third-order valence-corrected chi connectivity index (χ3v) is 6.85. The van der Waals surface area contributed by atoms with Crippen molar-refractivity contribution in [1.82, 2.24) is 19.5 Å². The topological polar surface area (TPSA) is 54.5 Å². The Hall–Kier alpha value is -2.67. The fourth-order valence-corrected chi connectivity index (χ4v) is 5.33. The Kier molecular flexibility index (Phi) is 5.30. The number of benzene rings is 1. The predicted molar refractivity (Wildman–Crippen MR) is 116 cm³/mol. The smallest absolute Gasteiger partial charge is 0.255 e. The molecule has 7 heteroatoms. The Balaban J connectivity index is 1.35. The molecule has 1 unspecified atom stereocenters. The van der Waals surface area contributed by atoms with Gasteiger partial charge in [-0.05, 0) is 56.5 Å². The molecule has 5 rings (SSSR count). The van der Waals surface area contributed by atoms with E-state index in [1.54, 1.807) is 6.07 Å². The quantitative estimate of drug-likeness (QED) is 0.620. The van der Waals surface area contributed by atoms with Crippen molar-refractivity contribution in [3.8, 4) is 0 Å². The van der Waals surface area contributed by atoms with Crippen LogP contribution in [-0.4, -0.2) is 51.6 Å². The number of halogens is 1. The minimum atomic E-state index is -0.302. The van der Waals surface area contributed by atoms with E-state index in [1.807, 2.05) is 22.7 Å². The highest BCUT2D eigenvalue weighted by molar-refractivity contribution is 5.96. The molecule has 1 atom stereocenters. The molecule has 3 aromatic rings. The Morgan fingerprint density at radius 2 is 1.97 bits per heavy atom. The van der Waals surface area contributed by atoms with Crippen molar-refractivity contribution in [2.75, 3.05) is 26.2 Å². The number of carbonyl (C=O) groups is 1. The van der Waals surface area contributed by atoms with Gasteiger partial charge < -0.3 is 14.0 Å². The fraction of sp³-hybridized carbons (Fsp3) is 0.500. The lowest BCUT2D eigenvalue weighted by molar-refractivity contribution is 0.0748. The highest BCUT2D eigenvalue weighted by Gasteiger charge is 2.35. The van der Waals surface area contributed by atoms with E-state index in [9.17, 15) is 9.18 Å². The summed E-state index contributed by atoms with van der Waals surface area (Å²) in [5, 5.41) is 5.19. The lowest BCUT2D eigenvalue weighted by Gasteiger charge is -2.37. The summed E-state index contributed by atoms with van der Waals surface area (Å²) in [5.74, 6) is 0.169. The molecule has 6 nitrogen and oxygen atoms in total. The van der Waals surface area contributed by atoms with Gasteiger partial charge in [-0.1, -0.05) is 12.1 Å². The molecule has 1 amide bonds. The molecule has 0 aliphatic carbocycles. The molecule has 2 aromatic heterocycles. The van der Waals surface area contributed by atoms with Crippen molar-refractivity contribution in [2.45, 2.75) is 44.6 Å². The number of piperidine rings is 1. The Morgan fingerprint density at radius 1 is 1.16 bits per heavy atom. The van der Waals surface area contributed by atoms with E-state index in [2.05, 4.69) is 23.2 Å². The molecule has 0 bridgehead atoms. The highest BCUT2D eigenvalue weighted by Crippen LogP contribution is 2.38. The highest BCUT2D eigenvalue weighted by atomic mass is 19.1. The first kappa shape index (κ1) is 20.2. The Morgan fingerprint density at radius 3 is 2.74 bits per heavy atom. The number of hydrogen-bond acceptors (Lipinski definition) is 4. The van der Waals surface area contributed by atoms with Crippen LogP contribution >= 0.6 is 0 Å². The molecule has 1 aromatic carbocycles. The van der Waals surface area contributed by atoms with E-state index >= 15 is 0 Å². The van der Waals surface area contributed by atoms with Gasteiger partial charge in [0, 0.05) is 55.9 Å². The third kappa shape index (κ3) is 3.65. The molecular weight excluding hydrogens is 395 g/mol. The van der Waals surface area contributed by atoms with Gasteiger partial charge >= 0.3 is 0 Å². The van der Waals surface area contributed by atoms with Crippen molar-refractivity contribution < 1.29 is 13.7 Å². The van der Waals surface area contributed by atoms with Crippen molar-refractivity contribution in [1.29, 1.82) is 0 Å². The minimum absolute atomic E-state index is 0.163. The van der Waals surface area contributed by atoms with E-state index in [0.717, 1.165) is 74.1 Å². The Bertz CT molecular complexity index is 1100. The molecule has 0 spiro atoms. The number of nitrogens with zero attached hydrogens (tertiary/aromatic N) is 4. The first-order chi connectivity index (χ1) is 15.0. The normalized spacial score (nSPS) is 20.9. The molecule has 0 radical (unpaired) electrons. The molecule has 2 aliphatic heterocycles. The average Bonchev–Trinajstić information content (AvgIpc) is 3.33. The van der Waals surface area contributed by atoms with Crippen LogP contribution in [-0.2, 0) is 7.05 Å². The number of hydrogen-bond donors (Lipinski definition) is 0. The number of aryl methyl sites for hydroxylation is 1. The molecule has 0 saturated carbocycles. The number of rotatable bonds is 4. The zero-order valence-corrected chi connectivity index (χ0v) is 18.2. The SMILES string of the molecule is CCCN1CCC(N2CCC(c3noc4cc(F)ccc34)CC2)c2cn(C)cc2C1=O. The van der Waals surface area contributed by atoms with Crippen LogP contribution in [0.5, 0.6) is 0 Å². The van der Waals surface area contributed by atoms with E-state index in [1.165, 1.54) is 12.1 Å². The summed E-state index contributed by atoms with van der Waals surface area (Å²) in [6, 6.07) is 4.91. The molecule has 31 heavy (non-hydrogen) atoms. The standard InChI is InChI=1S/C24H29FN4O2/c1-3-9-29-12-8-21(19-14-27(2)15-20(19)24(29)30)28-10-6-16(7-11-28)23-18-5-4-17(25)13-22(18)31-26-23/h4-5,13-16,21H,3,6-12H2,1-2H3. The van der Waals surface area contributed by atoms with Crippen LogP contribution in [0.4, 0.5) is 4.39 Å². The minimum Gasteiger partial charge on any atom is -0.356 e. The van der Waals surface area contributed by atoms with Crippen LogP contribution in [0.1, 0.15) is 66.2 Å². The largest absolute Gasteiger partial charge is 0.356 e. The van der Waals surface area contributed by atoms with Crippen molar-refractivity contribution >= 4 is 16.9 Å². The average molecular weight is 425 g/mol. The second kappa shape index (κ2) is 8.11. The zero-order chi connectivity index (χ0) is 21.5. The molecular formula is C24H29FN4O2. The van der Waals surface area contributed by atoms with Crippen LogP contribution in [0.3, 0.4) is 0 Å². The van der Waals surface area contributed by atoms with Crippen LogP contribution < -0.4 is 0 Å². The number of fused-ring (bicyclic) bond motifs is 2. The Labute approximate surface area is 181 Å². The van der Waals surface area contributed by atoms with Gasteiger partial charge in [0.2, 0.25) is 0 Å². The maximum atomic E-state index is 13.5. The van der Waals surface area contributed by atoms with E-state index in [-0.39, 0.29) is 17.8 Å². The van der Waals surface area contributed by atoms with E-state index in [4.69, 9.17) is 4.52 Å². The maximum absolute atomic E-state index is 13.5. The monoisotopic (exact) mass is 424 g/mol. The fourth-order valence-electron chi connectivity index (χ4n) is 5.33. The van der Waals surface area contributed by atoms with Gasteiger partial charge in [0.1, 0.15) is 5.82 Å². The molecule has 0 N–H and O–H groups in total. The van der Waals surface area contributed by atoms with E-state index < -0.39 is 0 Å². The maximum Gasteiger partial charge on any atom is 0.255 e. The zero-order valence-electron chi connectivity index (χ0n) is 18.2. The summed E-state index contributed by atoms with van der Waals surface area (Å²) in [6.45, 7) is 5.62. The van der Waals surface area contributed by atoms with Crippen LogP contribution in [0.15, 0.2) is 35.1 Å². The van der Waals surface area contributed by atoms with Gasteiger partial charge in [0.05, 0.1) is 11.3 Å². The second-order valence-electron chi connectivity index (χ2n) is 8.91. The summed E-state index contributed by atoms with van der Waals surface area (Å²) in [7, 11) is 1.99. The van der Waals surface area contributed by atoms with Gasteiger partial charge in [-0.15, -0.1) is 0 Å². The number of amides is 1. The van der Waals surface area contributed by atoms with Crippen molar-refractivity contribution in [3.63, 3.8) is 0 Å². The van der Waals surface area contributed by atoms with Crippen LogP contribution in [0, 0.1) is 5.82 Å². The van der Waals surface area contributed by atoms with Gasteiger partial charge in [-0.3, -0.25) is 9.69 Å². The lowest BCUT2D eigenvalue weighted by atomic mass is 9.89. The van der Waals surface area contributed by atoms with E-state index in [0.29, 0.717) is 11.5 Å². The molecule has 1 saturated heterocycles. The summed E-state index contributed by atoms with van der Waals surface area (Å²) in [5.41, 5.74) is 3.47. The van der Waals surface area contributed by atoms with Crippen LogP contribution in [0.25, 0.3) is 11.0 Å². The van der Waals surface area contributed by atoms with Gasteiger partial charge in [0.15, 0.2) is 5.58 Å². The molecule has 1 fully saturated rings. The van der Waals surface area contributed by atoms with Crippen LogP contribution in [0.2, 0.25) is 0 Å². The summed E-state index contributed by atoms with van der Waals surface area (Å²) in [4.78, 5) is 17.6. The van der Waals surface area contributed by atoms with Crippen molar-refractivity contribution in [2.24, 2.45) is 7.05 Å². The van der Waals surface area contributed by atoms with Crippen molar-refractivity contribution in [3.05, 3.63) is 53.2 Å². The first-order valence-corrected chi connectivity index (χ1v) is 11.3. The third-order valence-electron chi connectivity index (χ3n) is 6.85. The summed E-state index contributed by atoms with van der Waals surface area (Å²) >= 11 is 0. The number of aromatic nitrogens is 2. The number of carbonyl (C=O) groups excluding carboxylic acids is 1. The molecule has 4 heterocycles. The van der Waals surface area contributed by atoms with Gasteiger partial charge in [0.25, 0.3) is 5.91 Å². The summed E-state index contributed by atoms with van der Waals surface area (Å²) < 4.78 is 20.9.